The molecule has 0 spiro atoms. The van der Waals surface area contributed by atoms with E-state index in [4.69, 9.17) is 10.7 Å². The van der Waals surface area contributed by atoms with Crippen molar-refractivity contribution in [2.75, 3.05) is 5.32 Å². The second kappa shape index (κ2) is 6.43. The Morgan fingerprint density at radius 1 is 1.19 bits per heavy atom. The van der Waals surface area contributed by atoms with Gasteiger partial charge in [-0.05, 0) is 56.1 Å². The third-order valence-corrected chi connectivity index (χ3v) is 5.15. The molecule has 0 saturated carbocycles. The van der Waals surface area contributed by atoms with Gasteiger partial charge >= 0.3 is 0 Å². The van der Waals surface area contributed by atoms with Crippen LogP contribution in [-0.4, -0.2) is 19.3 Å². The Labute approximate surface area is 142 Å². The fourth-order valence-corrected chi connectivity index (χ4v) is 4.10. The molecule has 2 rings (SSSR count). The summed E-state index contributed by atoms with van der Waals surface area (Å²) in [6.45, 7) is 0. The summed E-state index contributed by atoms with van der Waals surface area (Å²) in [6.07, 6.45) is 2.99. The molecule has 0 aliphatic carbocycles. The van der Waals surface area contributed by atoms with Crippen molar-refractivity contribution in [3.8, 4) is 0 Å². The zero-order valence-electron chi connectivity index (χ0n) is 10.2. The van der Waals surface area contributed by atoms with Gasteiger partial charge < -0.3 is 5.32 Å². The Morgan fingerprint density at radius 2 is 1.90 bits per heavy atom. The van der Waals surface area contributed by atoms with Gasteiger partial charge in [0.2, 0.25) is 0 Å². The van der Waals surface area contributed by atoms with Crippen molar-refractivity contribution in [3.05, 3.63) is 51.2 Å². The number of rotatable bonds is 3. The van der Waals surface area contributed by atoms with Gasteiger partial charge in [-0.25, -0.2) is 8.42 Å². The van der Waals surface area contributed by atoms with E-state index in [1.54, 1.807) is 12.3 Å². The number of pyridine rings is 1. The van der Waals surface area contributed by atoms with Gasteiger partial charge in [0.05, 0.1) is 10.5 Å². The predicted molar refractivity (Wildman–Crippen MR) is 87.1 cm³/mol. The second-order valence-electron chi connectivity index (χ2n) is 3.93. The molecular weight excluding hydrogens is 447 g/mol. The van der Waals surface area contributed by atoms with Crippen molar-refractivity contribution in [1.29, 1.82) is 0 Å². The van der Waals surface area contributed by atoms with E-state index in [9.17, 15) is 13.2 Å². The summed E-state index contributed by atoms with van der Waals surface area (Å²) < 4.78 is 23.5. The molecule has 1 aromatic heterocycles. The highest BCUT2D eigenvalue weighted by molar-refractivity contribution is 9.10. The van der Waals surface area contributed by atoms with E-state index in [-0.39, 0.29) is 15.3 Å². The van der Waals surface area contributed by atoms with E-state index >= 15 is 0 Å². The summed E-state index contributed by atoms with van der Waals surface area (Å²) in [4.78, 5) is 15.9. The lowest BCUT2D eigenvalue weighted by atomic mass is 10.2. The minimum atomic E-state index is -3.84. The van der Waals surface area contributed by atoms with E-state index in [0.29, 0.717) is 15.7 Å². The van der Waals surface area contributed by atoms with Crippen LogP contribution < -0.4 is 5.32 Å². The molecule has 0 bridgehead atoms. The third-order valence-electron chi connectivity index (χ3n) is 2.42. The monoisotopic (exact) mass is 452 g/mol. The average molecular weight is 455 g/mol. The molecule has 0 fully saturated rings. The van der Waals surface area contributed by atoms with Crippen LogP contribution in [0.1, 0.15) is 10.4 Å². The van der Waals surface area contributed by atoms with Crippen LogP contribution in [0.4, 0.5) is 5.69 Å². The van der Waals surface area contributed by atoms with Crippen LogP contribution >= 0.6 is 42.5 Å². The van der Waals surface area contributed by atoms with E-state index in [1.807, 2.05) is 0 Å². The summed E-state index contributed by atoms with van der Waals surface area (Å²) in [5, 5.41) is 2.64. The minimum absolute atomic E-state index is 0.0636. The summed E-state index contributed by atoms with van der Waals surface area (Å²) in [5.74, 6) is -0.364. The normalized spacial score (nSPS) is 11.2. The van der Waals surface area contributed by atoms with Gasteiger partial charge in [-0.3, -0.25) is 9.78 Å². The van der Waals surface area contributed by atoms with Gasteiger partial charge in [0.15, 0.2) is 0 Å². The zero-order valence-corrected chi connectivity index (χ0v) is 14.9. The fraction of sp³-hybridized carbons (Fsp3) is 0. The topological polar surface area (TPSA) is 76.1 Å². The van der Waals surface area contributed by atoms with Crippen molar-refractivity contribution in [1.82, 2.24) is 4.98 Å². The first kappa shape index (κ1) is 16.4. The van der Waals surface area contributed by atoms with Gasteiger partial charge in [0.25, 0.3) is 15.0 Å². The number of amides is 1. The highest BCUT2D eigenvalue weighted by Gasteiger charge is 2.15. The number of nitrogens with one attached hydrogen (secondary N) is 1. The first-order valence-corrected chi connectivity index (χ1v) is 9.33. The van der Waals surface area contributed by atoms with Crippen molar-refractivity contribution in [2.24, 2.45) is 0 Å². The van der Waals surface area contributed by atoms with E-state index in [0.717, 1.165) is 0 Å². The van der Waals surface area contributed by atoms with Crippen molar-refractivity contribution >= 4 is 63.2 Å². The van der Waals surface area contributed by atoms with Crippen molar-refractivity contribution in [3.63, 3.8) is 0 Å². The maximum absolute atomic E-state index is 12.0. The molecule has 0 aliphatic heterocycles. The van der Waals surface area contributed by atoms with Gasteiger partial charge in [-0.2, -0.15) is 0 Å². The Bertz CT molecular complexity index is 812. The first-order valence-electron chi connectivity index (χ1n) is 5.43. The number of nitrogens with zero attached hydrogens (tertiary/aromatic N) is 1. The number of carbonyl (C=O) groups is 1. The Hall–Kier alpha value is -0.960. The highest BCUT2D eigenvalue weighted by Crippen LogP contribution is 2.28. The van der Waals surface area contributed by atoms with Crippen LogP contribution in [-0.2, 0) is 9.05 Å². The van der Waals surface area contributed by atoms with Crippen molar-refractivity contribution < 1.29 is 13.2 Å². The number of halogens is 3. The Kier molecular flexibility index (Phi) is 5.03. The lowest BCUT2D eigenvalue weighted by Crippen LogP contribution is -2.12. The standard InChI is InChI=1S/C12H7Br2ClN2O3S/c13-8-3-7(5-16-6-8)12(18)17-9-1-2-11(10(14)4-9)21(15,19)20/h1-6H,(H,17,18). The molecule has 0 saturated heterocycles. The average Bonchev–Trinajstić information content (AvgIpc) is 2.37. The van der Waals surface area contributed by atoms with Crippen LogP contribution in [0.5, 0.6) is 0 Å². The van der Waals surface area contributed by atoms with Crippen LogP contribution in [0.25, 0.3) is 0 Å². The van der Waals surface area contributed by atoms with E-state index in [2.05, 4.69) is 42.2 Å². The van der Waals surface area contributed by atoms with E-state index < -0.39 is 9.05 Å². The number of anilines is 1. The number of benzene rings is 1. The van der Waals surface area contributed by atoms with Crippen LogP contribution in [0.3, 0.4) is 0 Å². The number of hydrogen-bond donors (Lipinski definition) is 1. The van der Waals surface area contributed by atoms with Crippen LogP contribution in [0.2, 0.25) is 0 Å². The molecule has 2 aromatic rings. The van der Waals surface area contributed by atoms with E-state index in [1.165, 1.54) is 24.4 Å². The number of hydrogen-bond acceptors (Lipinski definition) is 4. The molecule has 110 valence electrons. The molecule has 9 heteroatoms. The third kappa shape index (κ3) is 4.26. The van der Waals surface area contributed by atoms with Gasteiger partial charge in [0, 0.05) is 37.7 Å². The largest absolute Gasteiger partial charge is 0.322 e. The maximum atomic E-state index is 12.0. The SMILES string of the molecule is O=C(Nc1ccc(S(=O)(=O)Cl)c(Br)c1)c1cncc(Br)c1. The lowest BCUT2D eigenvalue weighted by Gasteiger charge is -2.07. The molecular formula is C12H7Br2ClN2O3S. The molecule has 1 aromatic carbocycles. The molecule has 1 N–H and O–H groups in total. The maximum Gasteiger partial charge on any atom is 0.262 e. The smallest absolute Gasteiger partial charge is 0.262 e. The molecule has 0 aliphatic rings. The molecule has 21 heavy (non-hydrogen) atoms. The lowest BCUT2D eigenvalue weighted by molar-refractivity contribution is 0.102. The molecule has 1 heterocycles. The molecule has 0 radical (unpaired) electrons. The highest BCUT2D eigenvalue weighted by atomic mass is 79.9. The predicted octanol–water partition coefficient (Wildman–Crippen LogP) is 3.79. The first-order chi connectivity index (χ1) is 9.77. The molecule has 0 unspecified atom stereocenters. The Balaban J connectivity index is 2.25. The quantitative estimate of drug-likeness (QED) is 0.716. The second-order valence-corrected chi connectivity index (χ2v) is 8.23. The summed E-state index contributed by atoms with van der Waals surface area (Å²) in [5.41, 5.74) is 0.797. The summed E-state index contributed by atoms with van der Waals surface area (Å²) in [7, 11) is 1.44. The summed E-state index contributed by atoms with van der Waals surface area (Å²) in [6, 6.07) is 5.83. The van der Waals surface area contributed by atoms with Crippen LogP contribution in [0, 0.1) is 0 Å². The number of aromatic nitrogens is 1. The van der Waals surface area contributed by atoms with Gasteiger partial charge in [-0.15, -0.1) is 0 Å². The number of carbonyl (C=O) groups excluding carboxylic acids is 1. The molecule has 0 atom stereocenters. The molecule has 5 nitrogen and oxygen atoms in total. The van der Waals surface area contributed by atoms with Gasteiger partial charge in [0.1, 0.15) is 0 Å². The zero-order chi connectivity index (χ0) is 15.6. The fourth-order valence-electron chi connectivity index (χ4n) is 1.52. The Morgan fingerprint density at radius 3 is 2.48 bits per heavy atom. The summed E-state index contributed by atoms with van der Waals surface area (Å²) >= 11 is 6.33. The van der Waals surface area contributed by atoms with Gasteiger partial charge in [-0.1, -0.05) is 0 Å². The van der Waals surface area contributed by atoms with Crippen molar-refractivity contribution in [2.45, 2.75) is 4.90 Å². The molecule has 1 amide bonds. The minimum Gasteiger partial charge on any atom is -0.322 e. The van der Waals surface area contributed by atoms with Crippen LogP contribution in [0.15, 0.2) is 50.5 Å².